The van der Waals surface area contributed by atoms with E-state index in [4.69, 9.17) is 0 Å². The second-order valence-corrected chi connectivity index (χ2v) is 8.59. The van der Waals surface area contributed by atoms with Crippen LogP contribution in [0.25, 0.3) is 0 Å². The summed E-state index contributed by atoms with van der Waals surface area (Å²) in [5.74, 6) is 0.454. The van der Waals surface area contributed by atoms with Gasteiger partial charge in [-0.1, -0.05) is 56.0 Å². The lowest BCUT2D eigenvalue weighted by atomic mass is 10.00. The van der Waals surface area contributed by atoms with Crippen molar-refractivity contribution in [2.75, 3.05) is 19.6 Å². The van der Waals surface area contributed by atoms with Gasteiger partial charge in [-0.05, 0) is 37.2 Å². The highest BCUT2D eigenvalue weighted by Gasteiger charge is 2.28. The van der Waals surface area contributed by atoms with Gasteiger partial charge in [0.25, 0.3) is 0 Å². The van der Waals surface area contributed by atoms with Crippen molar-refractivity contribution in [3.63, 3.8) is 0 Å². The molecule has 2 aliphatic rings. The summed E-state index contributed by atoms with van der Waals surface area (Å²) in [5.41, 5.74) is 0.953. The number of nitrogens with one attached hydrogen (secondary N) is 2. The van der Waals surface area contributed by atoms with Gasteiger partial charge in [-0.15, -0.1) is 0 Å². The molecule has 1 aromatic carbocycles. The standard InChI is InChI=1S/C24H35N3O3/c28-22(14-13-19-9-5-6-10-19)26-18-24(30)27-16-8-2-7-15-25-23(29)17-21(27)20-11-3-1-4-12-20/h1,3-4,11-12,19,21H,2,5-10,13-18H2,(H,25,29)(H,26,28). The van der Waals surface area contributed by atoms with Crippen molar-refractivity contribution in [1.82, 2.24) is 15.5 Å². The van der Waals surface area contributed by atoms with E-state index >= 15 is 0 Å². The monoisotopic (exact) mass is 413 g/mol. The topological polar surface area (TPSA) is 78.5 Å². The Morgan fingerprint density at radius 1 is 1.03 bits per heavy atom. The summed E-state index contributed by atoms with van der Waals surface area (Å²) >= 11 is 0. The highest BCUT2D eigenvalue weighted by atomic mass is 16.2. The number of nitrogens with zero attached hydrogens (tertiary/aromatic N) is 1. The van der Waals surface area contributed by atoms with Gasteiger partial charge in [0.15, 0.2) is 0 Å². The van der Waals surface area contributed by atoms with Gasteiger partial charge in [-0.25, -0.2) is 0 Å². The van der Waals surface area contributed by atoms with E-state index in [9.17, 15) is 14.4 Å². The largest absolute Gasteiger partial charge is 0.356 e. The van der Waals surface area contributed by atoms with Crippen LogP contribution in [-0.4, -0.2) is 42.3 Å². The van der Waals surface area contributed by atoms with Crippen LogP contribution in [0.4, 0.5) is 0 Å². The molecule has 0 aromatic heterocycles. The Kier molecular flexibility index (Phi) is 8.72. The molecule has 1 unspecified atom stereocenters. The molecule has 6 nitrogen and oxygen atoms in total. The molecule has 1 heterocycles. The molecule has 1 saturated carbocycles. The number of amides is 3. The molecule has 1 saturated heterocycles. The zero-order chi connectivity index (χ0) is 21.2. The summed E-state index contributed by atoms with van der Waals surface area (Å²) in [7, 11) is 0. The van der Waals surface area contributed by atoms with Crippen molar-refractivity contribution in [2.24, 2.45) is 5.92 Å². The predicted octanol–water partition coefficient (Wildman–Crippen LogP) is 3.33. The summed E-state index contributed by atoms with van der Waals surface area (Å²) in [5, 5.41) is 5.78. The summed E-state index contributed by atoms with van der Waals surface area (Å²) < 4.78 is 0. The first kappa shape index (κ1) is 22.3. The minimum Gasteiger partial charge on any atom is -0.356 e. The number of carbonyl (C=O) groups is 3. The Hall–Kier alpha value is -2.37. The fraction of sp³-hybridized carbons (Fsp3) is 0.625. The Morgan fingerprint density at radius 3 is 2.57 bits per heavy atom. The van der Waals surface area contributed by atoms with E-state index < -0.39 is 0 Å². The van der Waals surface area contributed by atoms with Crippen molar-refractivity contribution in [1.29, 1.82) is 0 Å². The van der Waals surface area contributed by atoms with Crippen molar-refractivity contribution >= 4 is 17.7 Å². The highest BCUT2D eigenvalue weighted by Crippen LogP contribution is 2.28. The van der Waals surface area contributed by atoms with Crippen LogP contribution in [-0.2, 0) is 14.4 Å². The van der Waals surface area contributed by atoms with Crippen LogP contribution in [0.1, 0.15) is 75.8 Å². The zero-order valence-corrected chi connectivity index (χ0v) is 17.9. The number of hydrogen-bond donors (Lipinski definition) is 2. The molecule has 1 atom stereocenters. The minimum absolute atomic E-state index is 0.00550. The van der Waals surface area contributed by atoms with E-state index in [1.165, 1.54) is 25.7 Å². The quantitative estimate of drug-likeness (QED) is 0.751. The molecule has 1 aliphatic heterocycles. The third-order valence-electron chi connectivity index (χ3n) is 6.35. The van der Waals surface area contributed by atoms with Crippen molar-refractivity contribution in [3.8, 4) is 0 Å². The maximum absolute atomic E-state index is 13.1. The molecule has 0 spiro atoms. The molecule has 2 fully saturated rings. The second-order valence-electron chi connectivity index (χ2n) is 8.59. The maximum atomic E-state index is 13.1. The first-order valence-electron chi connectivity index (χ1n) is 11.5. The van der Waals surface area contributed by atoms with Crippen LogP contribution >= 0.6 is 0 Å². The van der Waals surface area contributed by atoms with Crippen LogP contribution in [0.15, 0.2) is 30.3 Å². The number of carbonyl (C=O) groups excluding carboxylic acids is 3. The first-order chi connectivity index (χ1) is 14.6. The molecule has 3 amide bonds. The third kappa shape index (κ3) is 6.85. The summed E-state index contributed by atoms with van der Waals surface area (Å²) in [6.45, 7) is 1.28. The second kappa shape index (κ2) is 11.7. The Bertz CT molecular complexity index is 701. The highest BCUT2D eigenvalue weighted by molar-refractivity contribution is 5.85. The van der Waals surface area contributed by atoms with Crippen molar-refractivity contribution < 1.29 is 14.4 Å². The molecule has 1 aromatic rings. The molecule has 3 rings (SSSR count). The van der Waals surface area contributed by atoms with Crippen LogP contribution < -0.4 is 10.6 Å². The SMILES string of the molecule is O=C(CCC1CCCC1)NCC(=O)N1CCCCCNC(=O)CC1c1ccccc1. The molecular formula is C24H35N3O3. The van der Waals surface area contributed by atoms with Gasteiger partial charge in [-0.3, -0.25) is 14.4 Å². The lowest BCUT2D eigenvalue weighted by molar-refractivity contribution is -0.136. The number of benzene rings is 1. The average Bonchev–Trinajstić information content (AvgIpc) is 3.29. The smallest absolute Gasteiger partial charge is 0.242 e. The number of rotatable bonds is 6. The van der Waals surface area contributed by atoms with Crippen LogP contribution in [0, 0.1) is 5.92 Å². The maximum Gasteiger partial charge on any atom is 0.242 e. The van der Waals surface area contributed by atoms with Crippen molar-refractivity contribution in [2.45, 2.75) is 70.3 Å². The molecule has 1 aliphatic carbocycles. The van der Waals surface area contributed by atoms with Gasteiger partial charge in [0.1, 0.15) is 0 Å². The lowest BCUT2D eigenvalue weighted by Gasteiger charge is -2.33. The Balaban J connectivity index is 1.62. The fourth-order valence-electron chi connectivity index (χ4n) is 4.60. The molecular weight excluding hydrogens is 378 g/mol. The van der Waals surface area contributed by atoms with Gasteiger partial charge in [-0.2, -0.15) is 0 Å². The average molecular weight is 414 g/mol. The van der Waals surface area contributed by atoms with E-state index in [-0.39, 0.29) is 36.7 Å². The minimum atomic E-state index is -0.313. The summed E-state index contributed by atoms with van der Waals surface area (Å²) in [6.07, 6.45) is 9.40. The van der Waals surface area contributed by atoms with Crippen LogP contribution in [0.3, 0.4) is 0 Å². The van der Waals surface area contributed by atoms with E-state index in [1.807, 2.05) is 30.3 Å². The first-order valence-corrected chi connectivity index (χ1v) is 11.5. The molecule has 0 bridgehead atoms. The molecule has 164 valence electrons. The van der Waals surface area contributed by atoms with Gasteiger partial charge >= 0.3 is 0 Å². The lowest BCUT2D eigenvalue weighted by Crippen LogP contribution is -2.44. The molecule has 30 heavy (non-hydrogen) atoms. The van der Waals surface area contributed by atoms with E-state index in [1.54, 1.807) is 4.90 Å². The van der Waals surface area contributed by atoms with Crippen LogP contribution in [0.5, 0.6) is 0 Å². The van der Waals surface area contributed by atoms with Gasteiger partial charge in [0.2, 0.25) is 17.7 Å². The number of hydrogen-bond acceptors (Lipinski definition) is 3. The predicted molar refractivity (Wildman–Crippen MR) is 117 cm³/mol. The molecule has 6 heteroatoms. The van der Waals surface area contributed by atoms with Gasteiger partial charge in [0, 0.05) is 19.5 Å². The van der Waals surface area contributed by atoms with E-state index in [0.29, 0.717) is 25.4 Å². The molecule has 0 radical (unpaired) electrons. The Labute approximate surface area is 179 Å². The normalized spacial score (nSPS) is 21.1. The van der Waals surface area contributed by atoms with E-state index in [2.05, 4.69) is 10.6 Å². The molecule has 2 N–H and O–H groups in total. The van der Waals surface area contributed by atoms with Gasteiger partial charge < -0.3 is 15.5 Å². The Morgan fingerprint density at radius 2 is 1.80 bits per heavy atom. The third-order valence-corrected chi connectivity index (χ3v) is 6.35. The zero-order valence-electron chi connectivity index (χ0n) is 17.9. The summed E-state index contributed by atoms with van der Waals surface area (Å²) in [4.78, 5) is 39.6. The van der Waals surface area contributed by atoms with Crippen molar-refractivity contribution in [3.05, 3.63) is 35.9 Å². The van der Waals surface area contributed by atoms with E-state index in [0.717, 1.165) is 31.2 Å². The fourth-order valence-corrected chi connectivity index (χ4v) is 4.60. The van der Waals surface area contributed by atoms with Crippen LogP contribution in [0.2, 0.25) is 0 Å². The summed E-state index contributed by atoms with van der Waals surface area (Å²) in [6, 6.07) is 9.40. The van der Waals surface area contributed by atoms with Gasteiger partial charge in [0.05, 0.1) is 19.0 Å².